The van der Waals surface area contributed by atoms with Crippen molar-refractivity contribution in [3.05, 3.63) is 71.0 Å². The molecule has 4 heteroatoms. The van der Waals surface area contributed by atoms with Crippen molar-refractivity contribution in [2.45, 2.75) is 40.0 Å². The third-order valence-corrected chi connectivity index (χ3v) is 4.08. The molecule has 142 valence electrons. The monoisotopic (exact) mass is 359 g/mol. The van der Waals surface area contributed by atoms with E-state index in [-0.39, 0.29) is 5.82 Å². The van der Waals surface area contributed by atoms with Gasteiger partial charge in [-0.3, -0.25) is 4.90 Å². The first kappa shape index (κ1) is 20.6. The van der Waals surface area contributed by atoms with Crippen LogP contribution >= 0.6 is 0 Å². The van der Waals surface area contributed by atoms with Crippen molar-refractivity contribution in [2.24, 2.45) is 5.92 Å². The molecule has 0 aromatic heterocycles. The van der Waals surface area contributed by atoms with Crippen molar-refractivity contribution in [3.8, 4) is 0 Å². The summed E-state index contributed by atoms with van der Waals surface area (Å²) in [7, 11) is 0. The van der Waals surface area contributed by atoms with Gasteiger partial charge in [-0.1, -0.05) is 55.8 Å². The van der Waals surface area contributed by atoms with Gasteiger partial charge in [0.1, 0.15) is 5.82 Å². The number of benzene rings is 2. The summed E-state index contributed by atoms with van der Waals surface area (Å²) in [6.07, 6.45) is -0.556. The van der Waals surface area contributed by atoms with Crippen LogP contribution in [0.25, 0.3) is 0 Å². The molecule has 3 nitrogen and oxygen atoms in total. The molecule has 1 atom stereocenters. The highest BCUT2D eigenvalue weighted by molar-refractivity contribution is 5.22. The SMILES string of the molecule is Cc1ccc(CN(Cc2ccc(F)cc2)C[C@H](O)COCC(C)C)cc1. The van der Waals surface area contributed by atoms with Crippen LogP contribution in [0.15, 0.2) is 48.5 Å². The Morgan fingerprint density at radius 3 is 2.00 bits per heavy atom. The maximum atomic E-state index is 13.2. The minimum atomic E-state index is -0.556. The maximum absolute atomic E-state index is 13.2. The second kappa shape index (κ2) is 10.4. The number of rotatable bonds is 10. The average molecular weight is 359 g/mol. The highest BCUT2D eigenvalue weighted by atomic mass is 19.1. The Balaban J connectivity index is 1.99. The van der Waals surface area contributed by atoms with Gasteiger partial charge in [0, 0.05) is 26.2 Å². The summed E-state index contributed by atoms with van der Waals surface area (Å²) in [5.41, 5.74) is 3.43. The number of hydrogen-bond acceptors (Lipinski definition) is 3. The lowest BCUT2D eigenvalue weighted by atomic mass is 10.1. The molecule has 0 aliphatic heterocycles. The van der Waals surface area contributed by atoms with Crippen LogP contribution in [-0.2, 0) is 17.8 Å². The quantitative estimate of drug-likeness (QED) is 0.691. The van der Waals surface area contributed by atoms with Crippen molar-refractivity contribution < 1.29 is 14.2 Å². The molecule has 0 amide bonds. The van der Waals surface area contributed by atoms with Crippen molar-refractivity contribution in [1.29, 1.82) is 0 Å². The zero-order chi connectivity index (χ0) is 18.9. The number of hydrogen-bond donors (Lipinski definition) is 1. The number of aryl methyl sites for hydroxylation is 1. The van der Waals surface area contributed by atoms with E-state index in [1.54, 1.807) is 12.1 Å². The summed E-state index contributed by atoms with van der Waals surface area (Å²) in [4.78, 5) is 2.17. The summed E-state index contributed by atoms with van der Waals surface area (Å²) in [6, 6.07) is 14.9. The number of aliphatic hydroxyl groups excluding tert-OH is 1. The third-order valence-electron chi connectivity index (χ3n) is 4.08. The largest absolute Gasteiger partial charge is 0.389 e. The molecule has 0 aliphatic rings. The van der Waals surface area contributed by atoms with Crippen LogP contribution in [0.3, 0.4) is 0 Å². The highest BCUT2D eigenvalue weighted by Gasteiger charge is 2.14. The van der Waals surface area contributed by atoms with E-state index in [0.717, 1.165) is 12.1 Å². The average Bonchev–Trinajstić information content (AvgIpc) is 2.58. The van der Waals surface area contributed by atoms with Gasteiger partial charge in [-0.2, -0.15) is 0 Å². The first-order chi connectivity index (χ1) is 12.4. The fourth-order valence-electron chi connectivity index (χ4n) is 2.78. The van der Waals surface area contributed by atoms with Gasteiger partial charge < -0.3 is 9.84 Å². The predicted molar refractivity (Wildman–Crippen MR) is 103 cm³/mol. The fourth-order valence-corrected chi connectivity index (χ4v) is 2.78. The molecule has 0 spiro atoms. The van der Waals surface area contributed by atoms with Gasteiger partial charge in [-0.15, -0.1) is 0 Å². The topological polar surface area (TPSA) is 32.7 Å². The zero-order valence-corrected chi connectivity index (χ0v) is 16.0. The van der Waals surface area contributed by atoms with Crippen LogP contribution < -0.4 is 0 Å². The summed E-state index contributed by atoms with van der Waals surface area (Å²) >= 11 is 0. The lowest BCUT2D eigenvalue weighted by Gasteiger charge is -2.25. The third kappa shape index (κ3) is 7.65. The maximum Gasteiger partial charge on any atom is 0.123 e. The molecule has 0 bridgehead atoms. The lowest BCUT2D eigenvalue weighted by molar-refractivity contribution is 0.00554. The van der Waals surface area contributed by atoms with Crippen LogP contribution in [0.2, 0.25) is 0 Å². The highest BCUT2D eigenvalue weighted by Crippen LogP contribution is 2.13. The Bertz CT molecular complexity index is 593. The van der Waals surface area contributed by atoms with Gasteiger partial charge in [0.15, 0.2) is 0 Å². The van der Waals surface area contributed by atoms with Gasteiger partial charge in [-0.05, 0) is 36.1 Å². The molecule has 0 saturated heterocycles. The van der Waals surface area contributed by atoms with Crippen molar-refractivity contribution >= 4 is 0 Å². The minimum Gasteiger partial charge on any atom is -0.389 e. The van der Waals surface area contributed by atoms with Gasteiger partial charge in [0.25, 0.3) is 0 Å². The van der Waals surface area contributed by atoms with Crippen molar-refractivity contribution in [1.82, 2.24) is 4.90 Å². The fraction of sp³-hybridized carbons (Fsp3) is 0.455. The molecule has 0 fully saturated rings. The van der Waals surface area contributed by atoms with Crippen LogP contribution in [0, 0.1) is 18.7 Å². The van der Waals surface area contributed by atoms with Crippen LogP contribution in [0.1, 0.15) is 30.5 Å². The Hall–Kier alpha value is -1.75. The second-order valence-corrected chi connectivity index (χ2v) is 7.37. The number of aliphatic hydroxyl groups is 1. The van der Waals surface area contributed by atoms with Crippen molar-refractivity contribution in [2.75, 3.05) is 19.8 Å². The molecule has 2 rings (SSSR count). The van der Waals surface area contributed by atoms with E-state index in [1.165, 1.54) is 23.3 Å². The number of nitrogens with zero attached hydrogens (tertiary/aromatic N) is 1. The first-order valence-electron chi connectivity index (χ1n) is 9.20. The van der Waals surface area contributed by atoms with E-state index >= 15 is 0 Å². The Labute approximate surface area is 156 Å². The molecule has 0 heterocycles. The predicted octanol–water partition coefficient (Wildman–Crippen LogP) is 4.17. The molecule has 1 N–H and O–H groups in total. The van der Waals surface area contributed by atoms with E-state index in [2.05, 4.69) is 49.9 Å². The standard InChI is InChI=1S/C22H30FNO2/c1-17(2)15-26-16-22(25)14-24(12-19-6-4-18(3)5-7-19)13-20-8-10-21(23)11-9-20/h4-11,17,22,25H,12-16H2,1-3H3/t22-/m0/s1. The second-order valence-electron chi connectivity index (χ2n) is 7.37. The molecular weight excluding hydrogens is 329 g/mol. The molecule has 0 aliphatic carbocycles. The van der Waals surface area contributed by atoms with Crippen LogP contribution in [-0.4, -0.2) is 35.9 Å². The molecule has 2 aromatic carbocycles. The van der Waals surface area contributed by atoms with Gasteiger partial charge in [-0.25, -0.2) is 4.39 Å². The van der Waals surface area contributed by atoms with Gasteiger partial charge in [0.2, 0.25) is 0 Å². The molecular formula is C22H30FNO2. The van der Waals surface area contributed by atoms with Crippen LogP contribution in [0.4, 0.5) is 4.39 Å². The Morgan fingerprint density at radius 2 is 1.46 bits per heavy atom. The Morgan fingerprint density at radius 1 is 0.923 bits per heavy atom. The molecule has 26 heavy (non-hydrogen) atoms. The minimum absolute atomic E-state index is 0.235. The molecule has 0 saturated carbocycles. The van der Waals surface area contributed by atoms with E-state index in [0.29, 0.717) is 32.2 Å². The smallest absolute Gasteiger partial charge is 0.123 e. The first-order valence-corrected chi connectivity index (χ1v) is 9.20. The molecule has 0 unspecified atom stereocenters. The normalized spacial score (nSPS) is 12.7. The number of halogens is 1. The van der Waals surface area contributed by atoms with E-state index in [9.17, 15) is 9.50 Å². The number of ether oxygens (including phenoxy) is 1. The van der Waals surface area contributed by atoms with Gasteiger partial charge >= 0.3 is 0 Å². The van der Waals surface area contributed by atoms with Gasteiger partial charge in [0.05, 0.1) is 12.7 Å². The zero-order valence-electron chi connectivity index (χ0n) is 16.0. The Kier molecular flexibility index (Phi) is 8.23. The summed E-state index contributed by atoms with van der Waals surface area (Å²) < 4.78 is 18.7. The van der Waals surface area contributed by atoms with E-state index < -0.39 is 6.10 Å². The van der Waals surface area contributed by atoms with E-state index in [1.807, 2.05) is 0 Å². The molecule has 0 radical (unpaired) electrons. The lowest BCUT2D eigenvalue weighted by Crippen LogP contribution is -2.34. The van der Waals surface area contributed by atoms with Crippen molar-refractivity contribution in [3.63, 3.8) is 0 Å². The summed E-state index contributed by atoms with van der Waals surface area (Å²) in [5.74, 6) is 0.214. The summed E-state index contributed by atoms with van der Waals surface area (Å²) in [5, 5.41) is 10.4. The van der Waals surface area contributed by atoms with E-state index in [4.69, 9.17) is 4.74 Å². The summed E-state index contributed by atoms with van der Waals surface area (Å²) in [6.45, 7) is 9.09. The molecule has 2 aromatic rings. The van der Waals surface area contributed by atoms with Crippen LogP contribution in [0.5, 0.6) is 0 Å².